The van der Waals surface area contributed by atoms with Crippen molar-refractivity contribution in [3.05, 3.63) is 41.7 Å². The van der Waals surface area contributed by atoms with E-state index in [9.17, 15) is 18.5 Å². The molecule has 10 nitrogen and oxygen atoms in total. The lowest BCUT2D eigenvalue weighted by Gasteiger charge is -2.38. The van der Waals surface area contributed by atoms with Crippen LogP contribution in [0.1, 0.15) is 50.8 Å². The molecular formula is C22H23N7O3S. The van der Waals surface area contributed by atoms with Gasteiger partial charge in [0.15, 0.2) is 0 Å². The smallest absolute Gasteiger partial charge is 0.263 e. The number of aliphatic imine (C=N–C) groups is 1. The highest BCUT2D eigenvalue weighted by atomic mass is 32.2. The number of sulfonamides is 1. The van der Waals surface area contributed by atoms with Gasteiger partial charge in [-0.2, -0.15) is 15.1 Å². The summed E-state index contributed by atoms with van der Waals surface area (Å²) in [4.78, 5) is 21.3. The molecule has 2 unspecified atom stereocenters. The molecule has 1 aromatic carbocycles. The Kier molecular flexibility index (Phi) is 3.80. The van der Waals surface area contributed by atoms with Gasteiger partial charge >= 0.3 is 0 Å². The van der Waals surface area contributed by atoms with Gasteiger partial charge in [0.25, 0.3) is 5.91 Å². The number of aromatic nitrogens is 2. The molecule has 170 valence electrons. The summed E-state index contributed by atoms with van der Waals surface area (Å²) in [6.07, 6.45) is 6.38. The number of fused-ring (bicyclic) bond motifs is 5. The average molecular weight is 468 g/mol. The van der Waals surface area contributed by atoms with Gasteiger partial charge in [-0.3, -0.25) is 14.4 Å². The summed E-state index contributed by atoms with van der Waals surface area (Å²) in [6, 6.07) is 6.20. The predicted octanol–water partition coefficient (Wildman–Crippen LogP) is 1.51. The third-order valence-corrected chi connectivity index (χ3v) is 8.22. The van der Waals surface area contributed by atoms with Crippen molar-refractivity contribution in [3.8, 4) is 6.07 Å². The summed E-state index contributed by atoms with van der Waals surface area (Å²) in [6.45, 7) is -2.27. The Morgan fingerprint density at radius 1 is 1.36 bits per heavy atom. The largest absolute Gasteiger partial charge is 0.306 e. The number of guanidine groups is 1. The van der Waals surface area contributed by atoms with Crippen LogP contribution in [0, 0.1) is 11.3 Å². The third-order valence-electron chi connectivity index (χ3n) is 6.68. The maximum absolute atomic E-state index is 13.8. The van der Waals surface area contributed by atoms with E-state index >= 15 is 0 Å². The standard InChI is InChI=1S/C22H23N7O3S/c1-27-11-14(10-24-27)12-28-20(30)16-9-15(33(31,32)26-22(13-23)7-8-22)5-6-18(16)29-19-4-2-3-17(19)25-21(28)29/h5-6,9-11,17,19,26H,2-4,7-8,12H2,1H3/i12D2. The quantitative estimate of drug-likeness (QED) is 0.711. The van der Waals surface area contributed by atoms with Crippen LogP contribution in [0.15, 0.2) is 40.5 Å². The normalized spacial score (nSPS) is 26.1. The maximum atomic E-state index is 13.8. The molecule has 1 aromatic heterocycles. The molecule has 6 rings (SSSR count). The van der Waals surface area contributed by atoms with E-state index in [1.165, 1.54) is 29.2 Å². The number of carbonyl (C=O) groups excluding carboxylic acids is 1. The topological polar surface area (TPSA) is 124 Å². The van der Waals surface area contributed by atoms with Crippen molar-refractivity contribution in [1.29, 1.82) is 5.26 Å². The molecule has 33 heavy (non-hydrogen) atoms. The molecule has 0 radical (unpaired) electrons. The Bertz CT molecular complexity index is 1440. The zero-order valence-corrected chi connectivity index (χ0v) is 18.7. The van der Waals surface area contributed by atoms with Crippen molar-refractivity contribution < 1.29 is 16.0 Å². The minimum absolute atomic E-state index is 0.0297. The second-order valence-corrected chi connectivity index (χ2v) is 10.7. The molecule has 0 spiro atoms. The van der Waals surface area contributed by atoms with Gasteiger partial charge in [-0.25, -0.2) is 13.4 Å². The minimum atomic E-state index is -4.06. The van der Waals surface area contributed by atoms with E-state index in [1.54, 1.807) is 13.1 Å². The molecule has 2 fully saturated rings. The number of nitrogens with zero attached hydrogens (tertiary/aromatic N) is 6. The number of nitriles is 1. The third kappa shape index (κ3) is 3.16. The first-order chi connectivity index (χ1) is 16.6. The van der Waals surface area contributed by atoms with E-state index < -0.39 is 28.0 Å². The van der Waals surface area contributed by atoms with Gasteiger partial charge < -0.3 is 4.90 Å². The molecule has 0 saturated heterocycles. The number of aryl methyl sites for hydroxylation is 1. The number of anilines is 1. The van der Waals surface area contributed by atoms with Crippen LogP contribution in [0.3, 0.4) is 0 Å². The molecule has 2 aliphatic heterocycles. The van der Waals surface area contributed by atoms with Crippen LogP contribution < -0.4 is 9.62 Å². The number of rotatable bonds is 5. The van der Waals surface area contributed by atoms with E-state index in [-0.39, 0.29) is 34.1 Å². The molecule has 1 N–H and O–H groups in total. The minimum Gasteiger partial charge on any atom is -0.306 e. The summed E-state index contributed by atoms with van der Waals surface area (Å²) < 4.78 is 47.7. The molecule has 2 saturated carbocycles. The Hall–Kier alpha value is -3.23. The first-order valence-corrected chi connectivity index (χ1v) is 12.3. The maximum Gasteiger partial charge on any atom is 0.263 e. The van der Waals surface area contributed by atoms with Crippen LogP contribution in [-0.2, 0) is 23.6 Å². The molecule has 11 heteroatoms. The van der Waals surface area contributed by atoms with Crippen LogP contribution in [-0.4, -0.2) is 52.6 Å². The fourth-order valence-electron chi connectivity index (χ4n) is 4.84. The lowest BCUT2D eigenvalue weighted by atomic mass is 10.0. The van der Waals surface area contributed by atoms with E-state index in [0.29, 0.717) is 18.5 Å². The van der Waals surface area contributed by atoms with Crippen molar-refractivity contribution in [2.45, 2.75) is 61.1 Å². The van der Waals surface area contributed by atoms with E-state index in [1.807, 2.05) is 11.0 Å². The molecule has 2 atom stereocenters. The van der Waals surface area contributed by atoms with Crippen LogP contribution in [0.5, 0.6) is 0 Å². The van der Waals surface area contributed by atoms with Crippen LogP contribution in [0.2, 0.25) is 0 Å². The zero-order chi connectivity index (χ0) is 24.8. The number of hydrogen-bond donors (Lipinski definition) is 1. The highest BCUT2D eigenvalue weighted by Gasteiger charge is 2.49. The highest BCUT2D eigenvalue weighted by Crippen LogP contribution is 2.42. The molecule has 3 heterocycles. The average Bonchev–Trinajstić information content (AvgIpc) is 3.13. The van der Waals surface area contributed by atoms with E-state index in [2.05, 4.69) is 9.82 Å². The lowest BCUT2D eigenvalue weighted by molar-refractivity contribution is 0.0832. The number of nitrogens with one attached hydrogen (secondary N) is 1. The number of benzene rings is 1. The van der Waals surface area contributed by atoms with Crippen LogP contribution in [0.25, 0.3) is 0 Å². The highest BCUT2D eigenvalue weighted by molar-refractivity contribution is 7.89. The fourth-order valence-corrected chi connectivity index (χ4v) is 6.25. The van der Waals surface area contributed by atoms with E-state index in [4.69, 9.17) is 7.73 Å². The molecule has 2 aromatic rings. The molecule has 2 aliphatic carbocycles. The van der Waals surface area contributed by atoms with Gasteiger partial charge in [-0.05, 0) is 50.3 Å². The number of amides is 1. The summed E-state index contributed by atoms with van der Waals surface area (Å²) >= 11 is 0. The van der Waals surface area contributed by atoms with Crippen molar-refractivity contribution in [2.24, 2.45) is 12.0 Å². The van der Waals surface area contributed by atoms with Gasteiger partial charge in [0.1, 0.15) is 5.54 Å². The van der Waals surface area contributed by atoms with Crippen LogP contribution >= 0.6 is 0 Å². The SMILES string of the molecule is [2H]C([2H])(c1cnn(C)c1)N1C(=O)c2cc(S(=O)(=O)NC3(C#N)CC3)ccc2N2C1=NC1CCCC12. The van der Waals surface area contributed by atoms with Crippen LogP contribution in [0.4, 0.5) is 5.69 Å². The van der Waals surface area contributed by atoms with Gasteiger partial charge in [0.2, 0.25) is 16.0 Å². The molecular weight excluding hydrogens is 442 g/mol. The van der Waals surface area contributed by atoms with Crippen molar-refractivity contribution in [2.75, 3.05) is 4.90 Å². The predicted molar refractivity (Wildman–Crippen MR) is 119 cm³/mol. The Labute approximate surface area is 194 Å². The van der Waals surface area contributed by atoms with Gasteiger partial charge in [0, 0.05) is 18.8 Å². The van der Waals surface area contributed by atoms with Crippen molar-refractivity contribution in [1.82, 2.24) is 19.4 Å². The zero-order valence-electron chi connectivity index (χ0n) is 19.9. The van der Waals surface area contributed by atoms with Crippen molar-refractivity contribution in [3.63, 3.8) is 0 Å². The summed E-state index contributed by atoms with van der Waals surface area (Å²) in [5.41, 5.74) is -0.323. The summed E-state index contributed by atoms with van der Waals surface area (Å²) in [7, 11) is -2.40. The number of hydrogen-bond acceptors (Lipinski definition) is 7. The second-order valence-electron chi connectivity index (χ2n) is 9.00. The monoisotopic (exact) mass is 467 g/mol. The first-order valence-electron chi connectivity index (χ1n) is 11.9. The van der Waals surface area contributed by atoms with Gasteiger partial charge in [-0.1, -0.05) is 0 Å². The molecule has 0 bridgehead atoms. The Morgan fingerprint density at radius 2 is 2.18 bits per heavy atom. The van der Waals surface area contributed by atoms with E-state index in [0.717, 1.165) is 24.2 Å². The van der Waals surface area contributed by atoms with Gasteiger partial charge in [0.05, 0.1) is 49.7 Å². The first kappa shape index (κ1) is 18.2. The Balaban J connectivity index is 1.48. The second kappa shape index (κ2) is 6.88. The fraction of sp³-hybridized carbons (Fsp3) is 0.455. The summed E-state index contributed by atoms with van der Waals surface area (Å²) in [5, 5.41) is 13.4. The summed E-state index contributed by atoms with van der Waals surface area (Å²) in [5.74, 6) is -0.441. The molecule has 4 aliphatic rings. The number of carbonyl (C=O) groups is 1. The molecule has 1 amide bonds. The lowest BCUT2D eigenvalue weighted by Crippen LogP contribution is -2.52. The Morgan fingerprint density at radius 3 is 2.88 bits per heavy atom. The van der Waals surface area contributed by atoms with Crippen molar-refractivity contribution >= 4 is 27.6 Å². The van der Waals surface area contributed by atoms with Gasteiger partial charge in [-0.15, -0.1) is 0 Å².